The molecule has 0 saturated carbocycles. The Morgan fingerprint density at radius 1 is 1.23 bits per heavy atom. The summed E-state index contributed by atoms with van der Waals surface area (Å²) in [5.41, 5.74) is 2.02. The largest absolute Gasteiger partial charge is 0.495 e. The fraction of sp³-hybridized carbons (Fsp3) is 0.0588. The Morgan fingerprint density at radius 3 is 2.77 bits per heavy atom. The molecule has 0 saturated heterocycles. The summed E-state index contributed by atoms with van der Waals surface area (Å²) in [7, 11) is 1.57. The number of ether oxygens (including phenoxy) is 1. The molecule has 1 amide bonds. The monoisotopic (exact) mass is 477 g/mol. The van der Waals surface area contributed by atoms with Crippen molar-refractivity contribution >= 4 is 50.5 Å². The van der Waals surface area contributed by atoms with Gasteiger partial charge in [0.25, 0.3) is 5.91 Å². The molecule has 0 aliphatic heterocycles. The van der Waals surface area contributed by atoms with Crippen molar-refractivity contribution < 1.29 is 9.53 Å². The average molecular weight is 477 g/mol. The minimum Gasteiger partial charge on any atom is -0.495 e. The van der Waals surface area contributed by atoms with Crippen LogP contribution < -0.4 is 10.1 Å². The summed E-state index contributed by atoms with van der Waals surface area (Å²) in [5, 5.41) is 15.9. The van der Waals surface area contributed by atoms with E-state index in [2.05, 4.69) is 43.2 Å². The van der Waals surface area contributed by atoms with Gasteiger partial charge in [0.2, 0.25) is 4.96 Å². The van der Waals surface area contributed by atoms with Crippen LogP contribution in [-0.2, 0) is 0 Å². The molecule has 2 heterocycles. The second-order valence-electron chi connectivity index (χ2n) is 5.34. The van der Waals surface area contributed by atoms with E-state index in [1.54, 1.807) is 36.2 Å². The van der Waals surface area contributed by atoms with Crippen LogP contribution in [0.2, 0.25) is 0 Å². The summed E-state index contributed by atoms with van der Waals surface area (Å²) >= 11 is 3.62. The molecular formula is C17H12IN5O2S. The molecule has 4 rings (SSSR count). The highest BCUT2D eigenvalue weighted by atomic mass is 127. The smallest absolute Gasteiger partial charge is 0.255 e. The molecule has 26 heavy (non-hydrogen) atoms. The van der Waals surface area contributed by atoms with Crippen molar-refractivity contribution in [1.82, 2.24) is 19.8 Å². The summed E-state index contributed by atoms with van der Waals surface area (Å²) in [6.07, 6.45) is 1.55. The zero-order valence-electron chi connectivity index (χ0n) is 13.5. The second-order valence-corrected chi connectivity index (χ2v) is 7.54. The van der Waals surface area contributed by atoms with Gasteiger partial charge in [0.05, 0.1) is 12.8 Å². The van der Waals surface area contributed by atoms with Crippen LogP contribution in [0, 0.1) is 3.57 Å². The Hall–Kier alpha value is -2.53. The van der Waals surface area contributed by atoms with E-state index in [-0.39, 0.29) is 5.91 Å². The van der Waals surface area contributed by atoms with Gasteiger partial charge in [0.15, 0.2) is 0 Å². The Morgan fingerprint density at radius 2 is 2.04 bits per heavy atom. The van der Waals surface area contributed by atoms with E-state index in [9.17, 15) is 4.79 Å². The molecule has 0 aliphatic carbocycles. The van der Waals surface area contributed by atoms with E-state index >= 15 is 0 Å². The molecule has 0 atom stereocenters. The Labute approximate surface area is 166 Å². The Kier molecular flexibility index (Phi) is 4.55. The van der Waals surface area contributed by atoms with Crippen LogP contribution in [0.4, 0.5) is 5.69 Å². The SMILES string of the molecule is COc1ccc(-c2nn3cnnc3s2)cc1NC(=O)c1ccc(I)cc1. The summed E-state index contributed by atoms with van der Waals surface area (Å²) < 4.78 is 8.07. The van der Waals surface area contributed by atoms with Crippen molar-refractivity contribution in [3.63, 3.8) is 0 Å². The predicted molar refractivity (Wildman–Crippen MR) is 108 cm³/mol. The molecule has 2 aromatic carbocycles. The van der Waals surface area contributed by atoms with E-state index < -0.39 is 0 Å². The number of hydrogen-bond donors (Lipinski definition) is 1. The number of amides is 1. The number of anilines is 1. The van der Waals surface area contributed by atoms with Crippen molar-refractivity contribution in [2.75, 3.05) is 12.4 Å². The first-order chi connectivity index (χ1) is 12.6. The maximum absolute atomic E-state index is 12.5. The molecular weight excluding hydrogens is 465 g/mol. The van der Waals surface area contributed by atoms with Crippen molar-refractivity contribution in [3.05, 3.63) is 57.9 Å². The van der Waals surface area contributed by atoms with Crippen LogP contribution in [0.5, 0.6) is 5.75 Å². The van der Waals surface area contributed by atoms with Gasteiger partial charge in [-0.15, -0.1) is 10.2 Å². The number of halogens is 1. The number of benzene rings is 2. The number of carbonyl (C=O) groups excluding carboxylic acids is 1. The number of fused-ring (bicyclic) bond motifs is 1. The quantitative estimate of drug-likeness (QED) is 0.454. The van der Waals surface area contributed by atoms with Crippen LogP contribution in [0.3, 0.4) is 0 Å². The lowest BCUT2D eigenvalue weighted by atomic mass is 10.1. The van der Waals surface area contributed by atoms with E-state index in [0.717, 1.165) is 14.1 Å². The van der Waals surface area contributed by atoms with Gasteiger partial charge in [0, 0.05) is 14.7 Å². The van der Waals surface area contributed by atoms with Gasteiger partial charge in [0.1, 0.15) is 17.1 Å². The predicted octanol–water partition coefficient (Wildman–Crippen LogP) is 3.72. The number of hydrogen-bond acceptors (Lipinski definition) is 6. The van der Waals surface area contributed by atoms with Gasteiger partial charge >= 0.3 is 0 Å². The highest BCUT2D eigenvalue weighted by Crippen LogP contribution is 2.32. The highest BCUT2D eigenvalue weighted by Gasteiger charge is 2.14. The van der Waals surface area contributed by atoms with Gasteiger partial charge in [-0.05, 0) is 65.1 Å². The number of nitrogens with one attached hydrogen (secondary N) is 1. The minimum absolute atomic E-state index is 0.199. The molecule has 0 aliphatic rings. The Bertz CT molecular complexity index is 1060. The normalized spacial score (nSPS) is 10.8. The topological polar surface area (TPSA) is 81.4 Å². The fourth-order valence-corrected chi connectivity index (χ4v) is 3.59. The summed E-state index contributed by atoms with van der Waals surface area (Å²) in [4.78, 5) is 13.2. The van der Waals surface area contributed by atoms with Crippen LogP contribution in [0.15, 0.2) is 48.8 Å². The number of nitrogens with zero attached hydrogens (tertiary/aromatic N) is 4. The van der Waals surface area contributed by atoms with Gasteiger partial charge in [-0.1, -0.05) is 11.3 Å². The van der Waals surface area contributed by atoms with Crippen molar-refractivity contribution in [2.45, 2.75) is 0 Å². The maximum Gasteiger partial charge on any atom is 0.255 e. The molecule has 9 heteroatoms. The van der Waals surface area contributed by atoms with Crippen LogP contribution in [-0.4, -0.2) is 32.8 Å². The zero-order valence-corrected chi connectivity index (χ0v) is 16.5. The van der Waals surface area contributed by atoms with E-state index in [0.29, 0.717) is 22.0 Å². The standard InChI is InChI=1S/C17H12IN5O2S/c1-25-14-7-4-11(16-22-23-9-19-21-17(23)26-16)8-13(14)20-15(24)10-2-5-12(18)6-3-10/h2-9H,1H3,(H,20,24). The fourth-order valence-electron chi connectivity index (χ4n) is 2.41. The summed E-state index contributed by atoms with van der Waals surface area (Å²) in [6, 6.07) is 12.9. The van der Waals surface area contributed by atoms with Crippen molar-refractivity contribution in [2.24, 2.45) is 0 Å². The molecule has 1 N–H and O–H groups in total. The third kappa shape index (κ3) is 3.27. The first kappa shape index (κ1) is 16.9. The van der Waals surface area contributed by atoms with Crippen LogP contribution in [0.1, 0.15) is 10.4 Å². The van der Waals surface area contributed by atoms with Gasteiger partial charge in [-0.2, -0.15) is 9.61 Å². The third-order valence-electron chi connectivity index (χ3n) is 3.69. The van der Waals surface area contributed by atoms with Crippen molar-refractivity contribution in [1.29, 1.82) is 0 Å². The first-order valence-electron chi connectivity index (χ1n) is 7.56. The molecule has 130 valence electrons. The van der Waals surface area contributed by atoms with Crippen LogP contribution >= 0.6 is 33.9 Å². The highest BCUT2D eigenvalue weighted by molar-refractivity contribution is 14.1. The van der Waals surface area contributed by atoms with E-state index in [1.165, 1.54) is 11.3 Å². The van der Waals surface area contributed by atoms with E-state index in [4.69, 9.17) is 4.74 Å². The van der Waals surface area contributed by atoms with Gasteiger partial charge < -0.3 is 10.1 Å². The molecule has 0 spiro atoms. The molecule has 0 unspecified atom stereocenters. The van der Waals surface area contributed by atoms with Crippen molar-refractivity contribution in [3.8, 4) is 16.3 Å². The van der Waals surface area contributed by atoms with E-state index in [1.807, 2.05) is 24.3 Å². The number of rotatable bonds is 4. The minimum atomic E-state index is -0.199. The van der Waals surface area contributed by atoms with Gasteiger partial charge in [-0.3, -0.25) is 4.79 Å². The first-order valence-corrected chi connectivity index (χ1v) is 9.46. The molecule has 7 nitrogen and oxygen atoms in total. The molecule has 4 aromatic rings. The maximum atomic E-state index is 12.5. The summed E-state index contributed by atoms with van der Waals surface area (Å²) in [5.74, 6) is 0.380. The third-order valence-corrected chi connectivity index (χ3v) is 5.37. The lowest BCUT2D eigenvalue weighted by Crippen LogP contribution is -2.12. The number of aromatic nitrogens is 4. The molecule has 0 radical (unpaired) electrons. The molecule has 0 fully saturated rings. The molecule has 2 aromatic heterocycles. The molecule has 0 bridgehead atoms. The summed E-state index contributed by atoms with van der Waals surface area (Å²) in [6.45, 7) is 0. The zero-order chi connectivity index (χ0) is 18.1. The number of methoxy groups -OCH3 is 1. The second kappa shape index (κ2) is 7.00. The lowest BCUT2D eigenvalue weighted by Gasteiger charge is -2.11. The lowest BCUT2D eigenvalue weighted by molar-refractivity contribution is 0.102. The van der Waals surface area contributed by atoms with Gasteiger partial charge in [-0.25, -0.2) is 0 Å². The average Bonchev–Trinajstić information content (AvgIpc) is 3.24. The van der Waals surface area contributed by atoms with Crippen LogP contribution in [0.25, 0.3) is 15.5 Å². The number of carbonyl (C=O) groups is 1. The Balaban J connectivity index is 1.66.